The van der Waals surface area contributed by atoms with E-state index in [1.165, 1.54) is 16.9 Å². The number of nitrogen functional groups attached to an aromatic ring is 1. The van der Waals surface area contributed by atoms with Gasteiger partial charge in [-0.05, 0) is 12.5 Å². The van der Waals surface area contributed by atoms with E-state index < -0.39 is 0 Å². The molecule has 1 saturated heterocycles. The van der Waals surface area contributed by atoms with E-state index in [2.05, 4.69) is 39.0 Å². The summed E-state index contributed by atoms with van der Waals surface area (Å²) in [6.07, 6.45) is 0. The molecule has 0 radical (unpaired) electrons. The van der Waals surface area contributed by atoms with E-state index in [1.54, 1.807) is 6.92 Å². The molecular formula is C17H22N4O2S. The Kier molecular flexibility index (Phi) is 5.32. The van der Waals surface area contributed by atoms with Gasteiger partial charge in [-0.1, -0.05) is 41.7 Å². The molecule has 1 aromatic carbocycles. The van der Waals surface area contributed by atoms with Crippen molar-refractivity contribution in [1.29, 1.82) is 0 Å². The third kappa shape index (κ3) is 3.85. The van der Waals surface area contributed by atoms with Gasteiger partial charge in [0.05, 0.1) is 6.61 Å². The van der Waals surface area contributed by atoms with Crippen molar-refractivity contribution < 1.29 is 9.53 Å². The lowest BCUT2D eigenvalue weighted by molar-refractivity contribution is 0.0532. The van der Waals surface area contributed by atoms with Gasteiger partial charge < -0.3 is 15.4 Å². The molecule has 0 amide bonds. The van der Waals surface area contributed by atoms with Crippen molar-refractivity contribution in [1.82, 2.24) is 9.88 Å². The third-order valence-corrected chi connectivity index (χ3v) is 4.86. The molecule has 1 aliphatic rings. The minimum absolute atomic E-state index is 0.339. The summed E-state index contributed by atoms with van der Waals surface area (Å²) >= 11 is 1.20. The Balaban J connectivity index is 1.63. The summed E-state index contributed by atoms with van der Waals surface area (Å²) in [5.41, 5.74) is 7.13. The summed E-state index contributed by atoms with van der Waals surface area (Å²) < 4.78 is 5.11. The molecule has 7 heteroatoms. The second kappa shape index (κ2) is 7.63. The van der Waals surface area contributed by atoms with Crippen molar-refractivity contribution in [3.63, 3.8) is 0 Å². The van der Waals surface area contributed by atoms with Crippen LogP contribution in [0.2, 0.25) is 0 Å². The van der Waals surface area contributed by atoms with Crippen molar-refractivity contribution >= 4 is 28.3 Å². The average Bonchev–Trinajstić information content (AvgIpc) is 2.99. The van der Waals surface area contributed by atoms with Crippen LogP contribution in [-0.2, 0) is 11.3 Å². The minimum Gasteiger partial charge on any atom is -0.462 e. The predicted molar refractivity (Wildman–Crippen MR) is 96.4 cm³/mol. The molecule has 1 fully saturated rings. The Morgan fingerprint density at radius 3 is 2.62 bits per heavy atom. The maximum absolute atomic E-state index is 12.1. The summed E-state index contributed by atoms with van der Waals surface area (Å²) in [6.45, 7) is 6.58. The quantitative estimate of drug-likeness (QED) is 0.837. The number of aromatic nitrogens is 1. The van der Waals surface area contributed by atoms with Crippen LogP contribution >= 0.6 is 11.3 Å². The number of benzene rings is 1. The first-order chi connectivity index (χ1) is 11.7. The van der Waals surface area contributed by atoms with Gasteiger partial charge in [-0.3, -0.25) is 4.90 Å². The molecular weight excluding hydrogens is 324 g/mol. The van der Waals surface area contributed by atoms with Gasteiger partial charge in [0.25, 0.3) is 0 Å². The Morgan fingerprint density at radius 1 is 1.25 bits per heavy atom. The molecule has 2 heterocycles. The van der Waals surface area contributed by atoms with E-state index in [0.29, 0.717) is 22.4 Å². The van der Waals surface area contributed by atoms with Crippen LogP contribution in [0.3, 0.4) is 0 Å². The van der Waals surface area contributed by atoms with Gasteiger partial charge in [0.1, 0.15) is 0 Å². The zero-order chi connectivity index (χ0) is 16.9. The maximum atomic E-state index is 12.1. The summed E-state index contributed by atoms with van der Waals surface area (Å²) in [4.78, 5) is 21.5. The molecule has 0 spiro atoms. The SMILES string of the molecule is CCOC(=O)c1sc(N)nc1N1CCN(Cc2ccccc2)CC1. The Hall–Kier alpha value is -2.12. The lowest BCUT2D eigenvalue weighted by Crippen LogP contribution is -2.46. The number of nitrogens with two attached hydrogens (primary N) is 1. The van der Waals surface area contributed by atoms with E-state index in [4.69, 9.17) is 10.5 Å². The fraction of sp³-hybridized carbons (Fsp3) is 0.412. The highest BCUT2D eigenvalue weighted by Crippen LogP contribution is 2.29. The topological polar surface area (TPSA) is 71.7 Å². The Bertz CT molecular complexity index is 681. The molecule has 2 N–H and O–H groups in total. The highest BCUT2D eigenvalue weighted by Gasteiger charge is 2.26. The van der Waals surface area contributed by atoms with Crippen LogP contribution in [0, 0.1) is 0 Å². The number of anilines is 2. The van der Waals surface area contributed by atoms with Gasteiger partial charge in [0.2, 0.25) is 0 Å². The minimum atomic E-state index is -0.339. The first kappa shape index (κ1) is 16.7. The van der Waals surface area contributed by atoms with Crippen molar-refractivity contribution in [2.24, 2.45) is 0 Å². The Morgan fingerprint density at radius 2 is 1.96 bits per heavy atom. The summed E-state index contributed by atoms with van der Waals surface area (Å²) in [6, 6.07) is 10.5. The molecule has 1 aromatic heterocycles. The number of nitrogens with zero attached hydrogens (tertiary/aromatic N) is 3. The van der Waals surface area contributed by atoms with E-state index in [-0.39, 0.29) is 5.97 Å². The van der Waals surface area contributed by atoms with Crippen LogP contribution < -0.4 is 10.6 Å². The van der Waals surface area contributed by atoms with Crippen LogP contribution in [0.1, 0.15) is 22.2 Å². The third-order valence-electron chi connectivity index (χ3n) is 4.01. The highest BCUT2D eigenvalue weighted by atomic mass is 32.1. The van der Waals surface area contributed by atoms with Crippen LogP contribution in [0.5, 0.6) is 0 Å². The molecule has 0 atom stereocenters. The van der Waals surface area contributed by atoms with Gasteiger partial charge in [0, 0.05) is 32.7 Å². The van der Waals surface area contributed by atoms with Crippen molar-refractivity contribution in [3.05, 3.63) is 40.8 Å². The van der Waals surface area contributed by atoms with Crippen LogP contribution in [0.4, 0.5) is 10.9 Å². The molecule has 0 unspecified atom stereocenters. The van der Waals surface area contributed by atoms with E-state index in [9.17, 15) is 4.79 Å². The molecule has 0 bridgehead atoms. The molecule has 128 valence electrons. The van der Waals surface area contributed by atoms with Gasteiger partial charge >= 0.3 is 5.97 Å². The monoisotopic (exact) mass is 346 g/mol. The number of hydrogen-bond donors (Lipinski definition) is 1. The van der Waals surface area contributed by atoms with Crippen molar-refractivity contribution in [2.75, 3.05) is 43.4 Å². The number of rotatable bonds is 5. The lowest BCUT2D eigenvalue weighted by Gasteiger charge is -2.35. The highest BCUT2D eigenvalue weighted by molar-refractivity contribution is 7.17. The van der Waals surface area contributed by atoms with Crippen molar-refractivity contribution in [2.45, 2.75) is 13.5 Å². The number of thiazole rings is 1. The first-order valence-corrected chi connectivity index (χ1v) is 8.93. The molecule has 0 saturated carbocycles. The second-order valence-electron chi connectivity index (χ2n) is 5.67. The summed E-state index contributed by atoms with van der Waals surface area (Å²) in [5.74, 6) is 0.323. The number of ether oxygens (including phenoxy) is 1. The molecule has 2 aromatic rings. The van der Waals surface area contributed by atoms with E-state index in [1.807, 2.05) is 6.07 Å². The van der Waals surface area contributed by atoms with Crippen LogP contribution in [0.15, 0.2) is 30.3 Å². The fourth-order valence-electron chi connectivity index (χ4n) is 2.83. The summed E-state index contributed by atoms with van der Waals surface area (Å²) in [7, 11) is 0. The average molecular weight is 346 g/mol. The molecule has 24 heavy (non-hydrogen) atoms. The fourth-order valence-corrected chi connectivity index (χ4v) is 3.58. The number of carbonyl (C=O) groups is 1. The number of carbonyl (C=O) groups excluding carboxylic acids is 1. The van der Waals surface area contributed by atoms with Gasteiger partial charge in [-0.25, -0.2) is 9.78 Å². The predicted octanol–water partition coefficient (Wildman–Crippen LogP) is 2.22. The van der Waals surface area contributed by atoms with E-state index in [0.717, 1.165) is 32.7 Å². The standard InChI is InChI=1S/C17H22N4O2S/c1-2-23-16(22)14-15(19-17(18)24-14)21-10-8-20(9-11-21)12-13-6-4-3-5-7-13/h3-7H,2,8-12H2,1H3,(H2,18,19). The Labute approximate surface area is 145 Å². The van der Waals surface area contributed by atoms with Gasteiger partial charge in [-0.15, -0.1) is 0 Å². The van der Waals surface area contributed by atoms with Gasteiger partial charge in [0.15, 0.2) is 15.8 Å². The van der Waals surface area contributed by atoms with Crippen LogP contribution in [-0.4, -0.2) is 48.6 Å². The maximum Gasteiger partial charge on any atom is 0.352 e. The second-order valence-corrected chi connectivity index (χ2v) is 6.70. The first-order valence-electron chi connectivity index (χ1n) is 8.12. The number of hydrogen-bond acceptors (Lipinski definition) is 7. The zero-order valence-corrected chi connectivity index (χ0v) is 14.6. The molecule has 3 rings (SSSR count). The lowest BCUT2D eigenvalue weighted by atomic mass is 10.2. The molecule has 1 aliphatic heterocycles. The van der Waals surface area contributed by atoms with E-state index >= 15 is 0 Å². The largest absolute Gasteiger partial charge is 0.462 e. The normalized spacial score (nSPS) is 15.5. The summed E-state index contributed by atoms with van der Waals surface area (Å²) in [5, 5.41) is 0.403. The zero-order valence-electron chi connectivity index (χ0n) is 13.8. The smallest absolute Gasteiger partial charge is 0.352 e. The number of piperazine rings is 1. The van der Waals surface area contributed by atoms with Crippen LogP contribution in [0.25, 0.3) is 0 Å². The van der Waals surface area contributed by atoms with Crippen molar-refractivity contribution in [3.8, 4) is 0 Å². The molecule has 6 nitrogen and oxygen atoms in total. The number of esters is 1. The van der Waals surface area contributed by atoms with Gasteiger partial charge in [-0.2, -0.15) is 0 Å². The molecule has 0 aliphatic carbocycles.